The first-order valence-electron chi connectivity index (χ1n) is 9.17. The molecule has 0 aliphatic rings. The summed E-state index contributed by atoms with van der Waals surface area (Å²) in [6, 6.07) is 13.9. The van der Waals surface area contributed by atoms with Gasteiger partial charge in [-0.3, -0.25) is 9.36 Å². The van der Waals surface area contributed by atoms with E-state index in [1.54, 1.807) is 0 Å². The predicted molar refractivity (Wildman–Crippen MR) is 110 cm³/mol. The van der Waals surface area contributed by atoms with Crippen molar-refractivity contribution >= 4 is 11.6 Å². The summed E-state index contributed by atoms with van der Waals surface area (Å²) < 4.78 is 41.8. The molecule has 0 saturated heterocycles. The van der Waals surface area contributed by atoms with Gasteiger partial charge in [0.15, 0.2) is 5.82 Å². The molecule has 0 fully saturated rings. The topological polar surface area (TPSA) is 87.6 Å². The fourth-order valence-corrected chi connectivity index (χ4v) is 3.42. The summed E-state index contributed by atoms with van der Waals surface area (Å²) in [6.45, 7) is 0.325. The van der Waals surface area contributed by atoms with Crippen molar-refractivity contribution in [2.45, 2.75) is 12.7 Å². The standard InChI is InChI=1S/C20H14ClF3N6O2/c1-28-16(20(22,23)24)10-17(31)30(19(28)32)13-7-8-15(21)14(9-13)18-25-26-27-29(18)11-12-5-3-2-4-6-12/h2-10H,11H2,1H3. The first-order valence-corrected chi connectivity index (χ1v) is 9.55. The number of hydrogen-bond acceptors (Lipinski definition) is 5. The summed E-state index contributed by atoms with van der Waals surface area (Å²) in [5, 5.41) is 11.8. The number of halogens is 4. The SMILES string of the molecule is Cn1c(C(F)(F)F)cc(=O)n(-c2ccc(Cl)c(-c3nnnn3Cc3ccccc3)c2)c1=O. The van der Waals surface area contributed by atoms with Crippen LogP contribution in [0.25, 0.3) is 17.1 Å². The fourth-order valence-electron chi connectivity index (χ4n) is 3.22. The van der Waals surface area contributed by atoms with E-state index in [2.05, 4.69) is 15.5 Å². The van der Waals surface area contributed by atoms with E-state index in [1.807, 2.05) is 30.3 Å². The Balaban J connectivity index is 1.83. The average molecular weight is 463 g/mol. The van der Waals surface area contributed by atoms with E-state index >= 15 is 0 Å². The van der Waals surface area contributed by atoms with Crippen LogP contribution in [0.4, 0.5) is 13.2 Å². The minimum atomic E-state index is -4.85. The number of tetrazole rings is 1. The van der Waals surface area contributed by atoms with E-state index in [1.165, 1.54) is 22.9 Å². The largest absolute Gasteiger partial charge is 0.431 e. The molecule has 0 aliphatic heterocycles. The molecule has 8 nitrogen and oxygen atoms in total. The Morgan fingerprint density at radius 3 is 2.44 bits per heavy atom. The fraction of sp³-hybridized carbons (Fsp3) is 0.150. The van der Waals surface area contributed by atoms with Gasteiger partial charge in [-0.05, 0) is 34.2 Å². The van der Waals surface area contributed by atoms with Crippen molar-refractivity contribution < 1.29 is 13.2 Å². The van der Waals surface area contributed by atoms with Gasteiger partial charge >= 0.3 is 11.9 Å². The van der Waals surface area contributed by atoms with Gasteiger partial charge in [0.05, 0.1) is 17.3 Å². The van der Waals surface area contributed by atoms with Gasteiger partial charge < -0.3 is 0 Å². The molecule has 0 atom stereocenters. The molecule has 4 rings (SSSR count). The van der Waals surface area contributed by atoms with Gasteiger partial charge in [-0.15, -0.1) is 5.10 Å². The minimum absolute atomic E-state index is 0.0259. The lowest BCUT2D eigenvalue weighted by atomic mass is 10.1. The van der Waals surface area contributed by atoms with Crippen molar-refractivity contribution in [3.8, 4) is 17.1 Å². The smallest absolute Gasteiger partial charge is 0.292 e. The average Bonchev–Trinajstić information content (AvgIpc) is 3.19. The van der Waals surface area contributed by atoms with Crippen molar-refractivity contribution in [1.29, 1.82) is 0 Å². The van der Waals surface area contributed by atoms with E-state index in [4.69, 9.17) is 11.6 Å². The molecule has 164 valence electrons. The highest BCUT2D eigenvalue weighted by atomic mass is 35.5. The molecule has 2 aromatic carbocycles. The van der Waals surface area contributed by atoms with Crippen LogP contribution in [0.15, 0.2) is 64.2 Å². The lowest BCUT2D eigenvalue weighted by molar-refractivity contribution is -0.144. The number of nitrogens with zero attached hydrogens (tertiary/aromatic N) is 6. The number of alkyl halides is 3. The Morgan fingerprint density at radius 2 is 1.75 bits per heavy atom. The second kappa shape index (κ2) is 8.08. The third kappa shape index (κ3) is 3.94. The maximum absolute atomic E-state index is 13.1. The maximum atomic E-state index is 13.1. The van der Waals surface area contributed by atoms with E-state index in [-0.39, 0.29) is 16.5 Å². The Labute approximate surface area is 183 Å². The van der Waals surface area contributed by atoms with Crippen molar-refractivity contribution in [3.05, 3.63) is 91.7 Å². The summed E-state index contributed by atoms with van der Waals surface area (Å²) in [7, 11) is 0.943. The molecule has 2 heterocycles. The van der Waals surface area contributed by atoms with Crippen LogP contribution in [0, 0.1) is 0 Å². The van der Waals surface area contributed by atoms with Crippen LogP contribution in [-0.2, 0) is 19.8 Å². The molecule has 4 aromatic rings. The highest BCUT2D eigenvalue weighted by Crippen LogP contribution is 2.29. The zero-order valence-corrected chi connectivity index (χ0v) is 17.2. The lowest BCUT2D eigenvalue weighted by Crippen LogP contribution is -2.40. The van der Waals surface area contributed by atoms with Gasteiger partial charge in [0.1, 0.15) is 5.69 Å². The van der Waals surface area contributed by atoms with E-state index in [9.17, 15) is 22.8 Å². The first kappa shape index (κ1) is 21.5. The lowest BCUT2D eigenvalue weighted by Gasteiger charge is -2.14. The molecule has 32 heavy (non-hydrogen) atoms. The van der Waals surface area contributed by atoms with Crippen molar-refractivity contribution in [2.75, 3.05) is 0 Å². The minimum Gasteiger partial charge on any atom is -0.292 e. The predicted octanol–water partition coefficient (Wildman–Crippen LogP) is 2.91. The monoisotopic (exact) mass is 462 g/mol. The Morgan fingerprint density at radius 1 is 1.03 bits per heavy atom. The third-order valence-electron chi connectivity index (χ3n) is 4.77. The summed E-state index contributed by atoms with van der Waals surface area (Å²) >= 11 is 6.32. The zero-order chi connectivity index (χ0) is 23.0. The Bertz CT molecular complexity index is 1410. The second-order valence-corrected chi connectivity index (χ2v) is 7.26. The number of rotatable bonds is 4. The van der Waals surface area contributed by atoms with Crippen LogP contribution in [0.1, 0.15) is 11.3 Å². The molecule has 0 radical (unpaired) electrons. The molecule has 0 aliphatic carbocycles. The summed E-state index contributed by atoms with van der Waals surface area (Å²) in [6.07, 6.45) is -4.85. The maximum Gasteiger partial charge on any atom is 0.431 e. The van der Waals surface area contributed by atoms with Crippen LogP contribution < -0.4 is 11.2 Å². The molecular weight excluding hydrogens is 449 g/mol. The molecule has 0 N–H and O–H groups in total. The highest BCUT2D eigenvalue weighted by Gasteiger charge is 2.35. The van der Waals surface area contributed by atoms with Crippen molar-refractivity contribution in [1.82, 2.24) is 29.3 Å². The normalized spacial score (nSPS) is 11.7. The number of aromatic nitrogens is 6. The Kier molecular flexibility index (Phi) is 5.43. The van der Waals surface area contributed by atoms with Crippen LogP contribution in [0.3, 0.4) is 0 Å². The Hall–Kier alpha value is -3.73. The van der Waals surface area contributed by atoms with Gasteiger partial charge in [0.25, 0.3) is 5.56 Å². The molecule has 0 unspecified atom stereocenters. The van der Waals surface area contributed by atoms with Crippen LogP contribution >= 0.6 is 11.6 Å². The van der Waals surface area contributed by atoms with Crippen LogP contribution in [0.5, 0.6) is 0 Å². The van der Waals surface area contributed by atoms with Crippen LogP contribution in [0.2, 0.25) is 5.02 Å². The molecule has 12 heteroatoms. The molecular formula is C20H14ClF3N6O2. The molecule has 0 saturated carbocycles. The van der Waals surface area contributed by atoms with Gasteiger partial charge in [-0.2, -0.15) is 13.2 Å². The summed E-state index contributed by atoms with van der Waals surface area (Å²) in [4.78, 5) is 25.0. The number of benzene rings is 2. The van der Waals surface area contributed by atoms with Gasteiger partial charge in [-0.25, -0.2) is 14.0 Å². The van der Waals surface area contributed by atoms with Gasteiger partial charge in [0, 0.05) is 18.7 Å². The van der Waals surface area contributed by atoms with E-state index < -0.39 is 23.1 Å². The molecule has 2 aromatic heterocycles. The van der Waals surface area contributed by atoms with E-state index in [0.29, 0.717) is 27.3 Å². The van der Waals surface area contributed by atoms with Gasteiger partial charge in [0.2, 0.25) is 0 Å². The number of hydrogen-bond donors (Lipinski definition) is 0. The summed E-state index contributed by atoms with van der Waals surface area (Å²) in [5.74, 6) is 0.262. The van der Waals surface area contributed by atoms with Crippen LogP contribution in [-0.4, -0.2) is 29.3 Å². The highest BCUT2D eigenvalue weighted by molar-refractivity contribution is 6.33. The van der Waals surface area contributed by atoms with Crippen molar-refractivity contribution in [2.24, 2.45) is 7.05 Å². The molecule has 0 spiro atoms. The molecule has 0 bridgehead atoms. The quantitative estimate of drug-likeness (QED) is 0.465. The third-order valence-corrected chi connectivity index (χ3v) is 5.10. The van der Waals surface area contributed by atoms with E-state index in [0.717, 1.165) is 12.6 Å². The second-order valence-electron chi connectivity index (χ2n) is 6.85. The van der Waals surface area contributed by atoms with Crippen molar-refractivity contribution in [3.63, 3.8) is 0 Å². The molecule has 0 amide bonds. The van der Waals surface area contributed by atoms with Gasteiger partial charge in [-0.1, -0.05) is 41.9 Å². The zero-order valence-electron chi connectivity index (χ0n) is 16.4. The first-order chi connectivity index (χ1) is 15.2. The summed E-state index contributed by atoms with van der Waals surface area (Å²) in [5.41, 5.74) is -2.37.